The topological polar surface area (TPSA) is 85.3 Å². The molecule has 1 amide bonds. The molecule has 39 heavy (non-hydrogen) atoms. The molecule has 7 nitrogen and oxygen atoms in total. The van der Waals surface area contributed by atoms with Crippen LogP contribution in [-0.2, 0) is 9.59 Å². The fraction of sp³-hybridized carbons (Fsp3) is 0.312. The zero-order valence-corrected chi connectivity index (χ0v) is 23.0. The SMILES string of the molecule is CCOc1cccc(N2C(=O)C(=O)/C(=C(/O)c3cccc(OCC(C)C)c3)C2c2ccc(OC(C)C)cc2)c1. The summed E-state index contributed by atoms with van der Waals surface area (Å²) in [5, 5.41) is 11.5. The highest BCUT2D eigenvalue weighted by Crippen LogP contribution is 2.43. The Balaban J connectivity index is 1.84. The molecule has 1 aliphatic heterocycles. The highest BCUT2D eigenvalue weighted by atomic mass is 16.5. The van der Waals surface area contributed by atoms with E-state index in [1.54, 1.807) is 60.7 Å². The van der Waals surface area contributed by atoms with E-state index in [0.717, 1.165) is 0 Å². The molecule has 0 bridgehead atoms. The monoisotopic (exact) mass is 529 g/mol. The lowest BCUT2D eigenvalue weighted by Crippen LogP contribution is -2.29. The van der Waals surface area contributed by atoms with Crippen LogP contribution >= 0.6 is 0 Å². The van der Waals surface area contributed by atoms with Crippen LogP contribution in [0.5, 0.6) is 17.2 Å². The van der Waals surface area contributed by atoms with Crippen LogP contribution in [0.15, 0.2) is 78.4 Å². The summed E-state index contributed by atoms with van der Waals surface area (Å²) in [6.07, 6.45) is -0.00650. The maximum absolute atomic E-state index is 13.5. The summed E-state index contributed by atoms with van der Waals surface area (Å²) >= 11 is 0. The lowest BCUT2D eigenvalue weighted by atomic mass is 9.95. The molecule has 0 aromatic heterocycles. The van der Waals surface area contributed by atoms with Gasteiger partial charge in [-0.25, -0.2) is 0 Å². The van der Waals surface area contributed by atoms with Gasteiger partial charge in [-0.2, -0.15) is 0 Å². The van der Waals surface area contributed by atoms with Crippen LogP contribution in [0.4, 0.5) is 5.69 Å². The summed E-state index contributed by atoms with van der Waals surface area (Å²) in [5.41, 5.74) is 1.53. The summed E-state index contributed by atoms with van der Waals surface area (Å²) in [6.45, 7) is 10.8. The number of carbonyl (C=O) groups excluding carboxylic acids is 2. The molecule has 1 N–H and O–H groups in total. The van der Waals surface area contributed by atoms with Crippen molar-refractivity contribution < 1.29 is 28.9 Å². The number of hydrogen-bond donors (Lipinski definition) is 1. The van der Waals surface area contributed by atoms with Crippen LogP contribution in [0.2, 0.25) is 0 Å². The zero-order chi connectivity index (χ0) is 28.1. The molecule has 1 saturated heterocycles. The van der Waals surface area contributed by atoms with Crippen LogP contribution in [0, 0.1) is 5.92 Å². The average molecular weight is 530 g/mol. The number of aliphatic hydroxyl groups excluding tert-OH is 1. The van der Waals surface area contributed by atoms with Crippen LogP contribution in [0.1, 0.15) is 51.8 Å². The third kappa shape index (κ3) is 6.25. The quantitative estimate of drug-likeness (QED) is 0.183. The van der Waals surface area contributed by atoms with E-state index in [4.69, 9.17) is 14.2 Å². The van der Waals surface area contributed by atoms with E-state index in [-0.39, 0.29) is 17.4 Å². The first-order valence-electron chi connectivity index (χ1n) is 13.2. The summed E-state index contributed by atoms with van der Waals surface area (Å²) in [5.74, 6) is 0.366. The molecular formula is C32H35NO6. The maximum Gasteiger partial charge on any atom is 0.300 e. The van der Waals surface area contributed by atoms with E-state index in [1.807, 2.05) is 46.8 Å². The van der Waals surface area contributed by atoms with E-state index >= 15 is 0 Å². The number of ether oxygens (including phenoxy) is 3. The Morgan fingerprint density at radius 2 is 1.54 bits per heavy atom. The summed E-state index contributed by atoms with van der Waals surface area (Å²) in [4.78, 5) is 28.4. The Morgan fingerprint density at radius 1 is 0.872 bits per heavy atom. The largest absolute Gasteiger partial charge is 0.507 e. The zero-order valence-electron chi connectivity index (χ0n) is 23.0. The van der Waals surface area contributed by atoms with Crippen molar-refractivity contribution in [1.29, 1.82) is 0 Å². The second-order valence-electron chi connectivity index (χ2n) is 10.1. The molecule has 4 rings (SSSR count). The first-order valence-corrected chi connectivity index (χ1v) is 13.2. The number of anilines is 1. The first kappa shape index (κ1) is 27.8. The van der Waals surface area contributed by atoms with Gasteiger partial charge in [-0.15, -0.1) is 0 Å². The molecule has 7 heteroatoms. The number of rotatable bonds is 10. The van der Waals surface area contributed by atoms with E-state index < -0.39 is 17.7 Å². The molecule has 1 heterocycles. The van der Waals surface area contributed by atoms with E-state index in [1.165, 1.54) is 4.90 Å². The van der Waals surface area contributed by atoms with Crippen LogP contribution in [-0.4, -0.2) is 36.1 Å². The average Bonchev–Trinajstić information content (AvgIpc) is 3.18. The Labute approximate surface area is 229 Å². The number of hydrogen-bond acceptors (Lipinski definition) is 6. The molecule has 3 aromatic carbocycles. The Kier molecular flexibility index (Phi) is 8.59. The van der Waals surface area contributed by atoms with Crippen LogP contribution in [0.3, 0.4) is 0 Å². The molecule has 1 aliphatic rings. The number of amides is 1. The van der Waals surface area contributed by atoms with Crippen molar-refractivity contribution in [2.75, 3.05) is 18.1 Å². The van der Waals surface area contributed by atoms with Crippen molar-refractivity contribution >= 4 is 23.1 Å². The first-order chi connectivity index (χ1) is 18.7. The van der Waals surface area contributed by atoms with Crippen molar-refractivity contribution in [1.82, 2.24) is 0 Å². The molecule has 1 atom stereocenters. The van der Waals surface area contributed by atoms with Gasteiger partial charge in [0.1, 0.15) is 23.0 Å². The predicted molar refractivity (Wildman–Crippen MR) is 151 cm³/mol. The van der Waals surface area contributed by atoms with Gasteiger partial charge in [0.2, 0.25) is 0 Å². The minimum absolute atomic E-state index is 0.000325. The molecule has 0 aliphatic carbocycles. The highest BCUT2D eigenvalue weighted by molar-refractivity contribution is 6.51. The Bertz CT molecular complexity index is 1360. The molecular weight excluding hydrogens is 494 g/mol. The third-order valence-corrected chi connectivity index (χ3v) is 6.11. The van der Waals surface area contributed by atoms with Crippen molar-refractivity contribution in [3.63, 3.8) is 0 Å². The van der Waals surface area contributed by atoms with Crippen LogP contribution in [0.25, 0.3) is 5.76 Å². The molecule has 0 radical (unpaired) electrons. The smallest absolute Gasteiger partial charge is 0.300 e. The van der Waals surface area contributed by atoms with Crippen molar-refractivity contribution in [2.45, 2.75) is 46.8 Å². The predicted octanol–water partition coefficient (Wildman–Crippen LogP) is 6.53. The van der Waals surface area contributed by atoms with Crippen molar-refractivity contribution in [3.05, 3.63) is 89.5 Å². The van der Waals surface area contributed by atoms with Gasteiger partial charge in [0.15, 0.2) is 0 Å². The second-order valence-corrected chi connectivity index (χ2v) is 10.1. The summed E-state index contributed by atoms with van der Waals surface area (Å²) in [6, 6.07) is 20.3. The fourth-order valence-corrected chi connectivity index (χ4v) is 4.46. The van der Waals surface area contributed by atoms with Gasteiger partial charge in [0.05, 0.1) is 30.9 Å². The Morgan fingerprint density at radius 3 is 2.18 bits per heavy atom. The summed E-state index contributed by atoms with van der Waals surface area (Å²) in [7, 11) is 0. The number of ketones is 1. The van der Waals surface area contributed by atoms with Gasteiger partial charge >= 0.3 is 0 Å². The second kappa shape index (κ2) is 12.1. The number of benzene rings is 3. The van der Waals surface area contributed by atoms with Gasteiger partial charge in [0, 0.05) is 17.3 Å². The lowest BCUT2D eigenvalue weighted by molar-refractivity contribution is -0.132. The number of carbonyl (C=O) groups is 2. The standard InChI is InChI=1S/C32H35NO6/c1-6-37-27-12-8-10-24(18-27)33-29(22-13-15-25(16-14-22)39-21(4)5)28(31(35)32(33)36)30(34)23-9-7-11-26(17-23)38-19-20(2)3/h7-18,20-21,29,34H,6,19H2,1-5H3/b30-28+. The van der Waals surface area contributed by atoms with Gasteiger partial charge in [-0.3, -0.25) is 14.5 Å². The molecule has 3 aromatic rings. The highest BCUT2D eigenvalue weighted by Gasteiger charge is 2.47. The van der Waals surface area contributed by atoms with Gasteiger partial charge < -0.3 is 19.3 Å². The normalized spacial score (nSPS) is 16.7. The minimum Gasteiger partial charge on any atom is -0.507 e. The summed E-state index contributed by atoms with van der Waals surface area (Å²) < 4.78 is 17.3. The van der Waals surface area contributed by atoms with E-state index in [0.29, 0.717) is 53.2 Å². The fourth-order valence-electron chi connectivity index (χ4n) is 4.46. The Hall–Kier alpha value is -4.26. The van der Waals surface area contributed by atoms with E-state index in [2.05, 4.69) is 0 Å². The molecule has 0 saturated carbocycles. The van der Waals surface area contributed by atoms with Gasteiger partial charge in [0.25, 0.3) is 11.7 Å². The van der Waals surface area contributed by atoms with Gasteiger partial charge in [-0.05, 0) is 68.7 Å². The van der Waals surface area contributed by atoms with Gasteiger partial charge in [-0.1, -0.05) is 44.2 Å². The minimum atomic E-state index is -0.866. The van der Waals surface area contributed by atoms with E-state index in [9.17, 15) is 14.7 Å². The number of Topliss-reactive ketones (excluding diaryl/α,β-unsaturated/α-hetero) is 1. The van der Waals surface area contributed by atoms with Crippen molar-refractivity contribution in [3.8, 4) is 17.2 Å². The maximum atomic E-state index is 13.5. The van der Waals surface area contributed by atoms with Crippen LogP contribution < -0.4 is 19.1 Å². The molecule has 1 fully saturated rings. The number of nitrogens with zero attached hydrogens (tertiary/aromatic N) is 1. The third-order valence-electron chi connectivity index (χ3n) is 6.11. The lowest BCUT2D eigenvalue weighted by Gasteiger charge is -2.26. The van der Waals surface area contributed by atoms with Crippen molar-refractivity contribution in [2.24, 2.45) is 5.92 Å². The number of aliphatic hydroxyl groups is 1. The molecule has 0 spiro atoms. The molecule has 1 unspecified atom stereocenters. The molecule has 204 valence electrons.